The standard InChI is InChI=1S/C18H18N2O3/c21-16(17(22)20-14-7-2-1-3-8-14)19-12-18(23)11-10-13-6-4-5-9-15(13)18/h1-9,23H,10-12H2,(H,19,21)(H,20,22). The first-order valence-corrected chi connectivity index (χ1v) is 7.53. The molecule has 1 atom stereocenters. The highest BCUT2D eigenvalue weighted by atomic mass is 16.3. The van der Waals surface area contributed by atoms with Gasteiger partial charge in [0.05, 0.1) is 6.54 Å². The maximum absolute atomic E-state index is 11.9. The van der Waals surface area contributed by atoms with E-state index in [0.29, 0.717) is 12.1 Å². The van der Waals surface area contributed by atoms with Gasteiger partial charge >= 0.3 is 11.8 Å². The van der Waals surface area contributed by atoms with Crippen molar-refractivity contribution in [3.8, 4) is 0 Å². The van der Waals surface area contributed by atoms with Crippen LogP contribution in [0.15, 0.2) is 54.6 Å². The van der Waals surface area contributed by atoms with Crippen molar-refractivity contribution in [1.82, 2.24) is 5.32 Å². The zero-order valence-electron chi connectivity index (χ0n) is 12.6. The SMILES string of the molecule is O=C(NCC1(O)CCc2ccccc21)C(=O)Nc1ccccc1. The van der Waals surface area contributed by atoms with Crippen LogP contribution in [0.3, 0.4) is 0 Å². The van der Waals surface area contributed by atoms with Crippen LogP contribution in [0.5, 0.6) is 0 Å². The molecule has 0 saturated heterocycles. The molecule has 2 aromatic rings. The average Bonchev–Trinajstić information content (AvgIpc) is 2.92. The number of para-hydroxylation sites is 1. The molecule has 5 nitrogen and oxygen atoms in total. The highest BCUT2D eigenvalue weighted by Crippen LogP contribution is 2.36. The van der Waals surface area contributed by atoms with Gasteiger partial charge in [-0.1, -0.05) is 42.5 Å². The van der Waals surface area contributed by atoms with Crippen LogP contribution in [0.2, 0.25) is 0 Å². The summed E-state index contributed by atoms with van der Waals surface area (Å²) in [6, 6.07) is 16.4. The minimum Gasteiger partial charge on any atom is -0.383 e. The molecule has 2 aromatic carbocycles. The molecule has 0 saturated carbocycles. The molecular weight excluding hydrogens is 292 g/mol. The number of nitrogens with one attached hydrogen (secondary N) is 2. The van der Waals surface area contributed by atoms with Gasteiger partial charge in [0.2, 0.25) is 0 Å². The minimum absolute atomic E-state index is 0.0189. The summed E-state index contributed by atoms with van der Waals surface area (Å²) in [5.74, 6) is -1.50. The molecule has 3 N–H and O–H groups in total. The van der Waals surface area contributed by atoms with E-state index in [1.54, 1.807) is 24.3 Å². The summed E-state index contributed by atoms with van der Waals surface area (Å²) in [6.07, 6.45) is 1.30. The number of carbonyl (C=O) groups excluding carboxylic acids is 2. The van der Waals surface area contributed by atoms with Gasteiger partial charge < -0.3 is 15.7 Å². The smallest absolute Gasteiger partial charge is 0.313 e. The maximum atomic E-state index is 11.9. The van der Waals surface area contributed by atoms with Crippen molar-refractivity contribution in [1.29, 1.82) is 0 Å². The van der Waals surface area contributed by atoms with Crippen molar-refractivity contribution in [2.75, 3.05) is 11.9 Å². The highest BCUT2D eigenvalue weighted by Gasteiger charge is 2.37. The molecule has 0 radical (unpaired) electrons. The Morgan fingerprint density at radius 2 is 1.70 bits per heavy atom. The number of aliphatic hydroxyl groups is 1. The van der Waals surface area contributed by atoms with Gasteiger partial charge in [0, 0.05) is 5.69 Å². The number of hydrogen-bond acceptors (Lipinski definition) is 3. The summed E-state index contributed by atoms with van der Waals surface area (Å²) in [5, 5.41) is 15.8. The Balaban J connectivity index is 1.60. The lowest BCUT2D eigenvalue weighted by atomic mass is 9.96. The van der Waals surface area contributed by atoms with E-state index in [1.165, 1.54) is 0 Å². The first kappa shape index (κ1) is 15.2. The zero-order chi connectivity index (χ0) is 16.3. The monoisotopic (exact) mass is 310 g/mol. The van der Waals surface area contributed by atoms with Gasteiger partial charge in [-0.25, -0.2) is 0 Å². The van der Waals surface area contributed by atoms with Crippen LogP contribution < -0.4 is 10.6 Å². The van der Waals surface area contributed by atoms with Gasteiger partial charge in [0.15, 0.2) is 0 Å². The predicted molar refractivity (Wildman–Crippen MR) is 86.7 cm³/mol. The van der Waals surface area contributed by atoms with Gasteiger partial charge in [0.1, 0.15) is 5.60 Å². The van der Waals surface area contributed by atoms with Crippen LogP contribution in [0.1, 0.15) is 17.5 Å². The van der Waals surface area contributed by atoms with E-state index < -0.39 is 17.4 Å². The number of rotatable bonds is 3. The summed E-state index contributed by atoms with van der Waals surface area (Å²) < 4.78 is 0. The molecular formula is C18H18N2O3. The Hall–Kier alpha value is -2.66. The Labute approximate surface area is 134 Å². The Morgan fingerprint density at radius 1 is 1.00 bits per heavy atom. The van der Waals surface area contributed by atoms with Crippen molar-refractivity contribution in [3.05, 3.63) is 65.7 Å². The second kappa shape index (κ2) is 6.22. The predicted octanol–water partition coefficient (Wildman–Crippen LogP) is 1.58. The maximum Gasteiger partial charge on any atom is 0.313 e. The Kier molecular flexibility index (Phi) is 4.12. The zero-order valence-corrected chi connectivity index (χ0v) is 12.6. The number of benzene rings is 2. The molecule has 0 aliphatic heterocycles. The Bertz CT molecular complexity index is 730. The first-order chi connectivity index (χ1) is 11.1. The van der Waals surface area contributed by atoms with Crippen LogP contribution in [0.4, 0.5) is 5.69 Å². The fraction of sp³-hybridized carbons (Fsp3) is 0.222. The second-order valence-corrected chi connectivity index (χ2v) is 5.69. The molecule has 1 unspecified atom stereocenters. The van der Waals surface area contributed by atoms with Crippen molar-refractivity contribution >= 4 is 17.5 Å². The number of amides is 2. The van der Waals surface area contributed by atoms with Crippen LogP contribution in [-0.4, -0.2) is 23.5 Å². The van der Waals surface area contributed by atoms with Crippen molar-refractivity contribution in [2.45, 2.75) is 18.4 Å². The number of anilines is 1. The van der Waals surface area contributed by atoms with Gasteiger partial charge in [0.25, 0.3) is 0 Å². The van der Waals surface area contributed by atoms with Crippen molar-refractivity contribution in [3.63, 3.8) is 0 Å². The van der Waals surface area contributed by atoms with E-state index in [1.807, 2.05) is 30.3 Å². The third kappa shape index (κ3) is 3.24. The largest absolute Gasteiger partial charge is 0.383 e. The van der Waals surface area contributed by atoms with E-state index >= 15 is 0 Å². The summed E-state index contributed by atoms with van der Waals surface area (Å²) >= 11 is 0. The fourth-order valence-electron chi connectivity index (χ4n) is 2.87. The van der Waals surface area contributed by atoms with E-state index in [4.69, 9.17) is 0 Å². The average molecular weight is 310 g/mol. The van der Waals surface area contributed by atoms with Gasteiger partial charge in [-0.15, -0.1) is 0 Å². The van der Waals surface area contributed by atoms with Crippen LogP contribution >= 0.6 is 0 Å². The van der Waals surface area contributed by atoms with E-state index in [0.717, 1.165) is 17.5 Å². The summed E-state index contributed by atoms with van der Waals surface area (Å²) in [6.45, 7) is 0.0189. The summed E-state index contributed by atoms with van der Waals surface area (Å²) in [7, 11) is 0. The fourth-order valence-corrected chi connectivity index (χ4v) is 2.87. The molecule has 0 aromatic heterocycles. The van der Waals surface area contributed by atoms with Crippen molar-refractivity contribution in [2.24, 2.45) is 0 Å². The lowest BCUT2D eigenvalue weighted by Gasteiger charge is -2.24. The number of aryl methyl sites for hydroxylation is 1. The lowest BCUT2D eigenvalue weighted by Crippen LogP contribution is -2.43. The minimum atomic E-state index is -1.11. The molecule has 0 heterocycles. The topological polar surface area (TPSA) is 78.4 Å². The third-order valence-corrected chi connectivity index (χ3v) is 4.11. The molecule has 1 aliphatic rings. The van der Waals surface area contributed by atoms with E-state index in [2.05, 4.69) is 10.6 Å². The van der Waals surface area contributed by atoms with Gasteiger partial charge in [-0.05, 0) is 36.1 Å². The lowest BCUT2D eigenvalue weighted by molar-refractivity contribution is -0.136. The van der Waals surface area contributed by atoms with Crippen LogP contribution in [-0.2, 0) is 21.6 Å². The number of fused-ring (bicyclic) bond motifs is 1. The highest BCUT2D eigenvalue weighted by molar-refractivity contribution is 6.39. The van der Waals surface area contributed by atoms with E-state index in [9.17, 15) is 14.7 Å². The van der Waals surface area contributed by atoms with Gasteiger partial charge in [-0.2, -0.15) is 0 Å². The molecule has 118 valence electrons. The van der Waals surface area contributed by atoms with E-state index in [-0.39, 0.29) is 6.54 Å². The second-order valence-electron chi connectivity index (χ2n) is 5.69. The molecule has 23 heavy (non-hydrogen) atoms. The molecule has 3 rings (SSSR count). The molecule has 0 fully saturated rings. The quantitative estimate of drug-likeness (QED) is 0.753. The van der Waals surface area contributed by atoms with Gasteiger partial charge in [-0.3, -0.25) is 9.59 Å². The molecule has 0 bridgehead atoms. The summed E-state index contributed by atoms with van der Waals surface area (Å²) in [4.78, 5) is 23.8. The normalized spacial score (nSPS) is 19.0. The number of hydrogen-bond donors (Lipinski definition) is 3. The van der Waals surface area contributed by atoms with Crippen molar-refractivity contribution < 1.29 is 14.7 Å². The summed E-state index contributed by atoms with van der Waals surface area (Å²) in [5.41, 5.74) is 1.35. The Morgan fingerprint density at radius 3 is 2.48 bits per heavy atom. The molecule has 5 heteroatoms. The number of carbonyl (C=O) groups is 2. The third-order valence-electron chi connectivity index (χ3n) is 4.11. The first-order valence-electron chi connectivity index (χ1n) is 7.53. The molecule has 1 aliphatic carbocycles. The van der Waals surface area contributed by atoms with Crippen LogP contribution in [0.25, 0.3) is 0 Å². The van der Waals surface area contributed by atoms with Crippen LogP contribution in [0, 0.1) is 0 Å². The molecule has 2 amide bonds. The molecule has 0 spiro atoms.